The summed E-state index contributed by atoms with van der Waals surface area (Å²) in [5.41, 5.74) is -1.13. The number of carbonyl (C=O) groups excluding carboxylic acids is 1. The minimum Gasteiger partial charge on any atom is -0.396 e. The van der Waals surface area contributed by atoms with Crippen LogP contribution in [0.4, 0.5) is 18.9 Å². The number of nitrogens with zero attached hydrogens (tertiary/aromatic N) is 5. The van der Waals surface area contributed by atoms with Gasteiger partial charge >= 0.3 is 6.18 Å². The van der Waals surface area contributed by atoms with Crippen molar-refractivity contribution in [1.82, 2.24) is 14.7 Å². The van der Waals surface area contributed by atoms with Gasteiger partial charge in [-0.3, -0.25) is 9.48 Å². The summed E-state index contributed by atoms with van der Waals surface area (Å²) in [5.74, 6) is -0.0369. The van der Waals surface area contributed by atoms with E-state index in [1.54, 1.807) is 35.3 Å². The molecule has 176 valence electrons. The van der Waals surface area contributed by atoms with Crippen LogP contribution < -0.4 is 4.90 Å². The second-order valence-corrected chi connectivity index (χ2v) is 8.86. The fourth-order valence-electron chi connectivity index (χ4n) is 5.11. The lowest BCUT2D eigenvalue weighted by Gasteiger charge is -2.43. The average Bonchev–Trinajstić information content (AvgIpc) is 3.45. The van der Waals surface area contributed by atoms with Gasteiger partial charge in [0.15, 0.2) is 0 Å². The van der Waals surface area contributed by atoms with E-state index in [0.29, 0.717) is 57.7 Å². The Morgan fingerprint density at radius 1 is 1.30 bits per heavy atom. The van der Waals surface area contributed by atoms with Crippen LogP contribution in [-0.2, 0) is 17.5 Å². The lowest BCUT2D eigenvalue weighted by molar-refractivity contribution is -0.137. The maximum absolute atomic E-state index is 13.4. The molecule has 1 aromatic heterocycles. The molecule has 0 bridgehead atoms. The van der Waals surface area contributed by atoms with Gasteiger partial charge in [0.25, 0.3) is 0 Å². The molecule has 1 N–H and O–H groups in total. The molecule has 10 heteroatoms. The monoisotopic (exact) mass is 461 g/mol. The van der Waals surface area contributed by atoms with Gasteiger partial charge in [-0.2, -0.15) is 23.5 Å². The number of aromatic nitrogens is 2. The third kappa shape index (κ3) is 4.69. The number of rotatable bonds is 5. The first kappa shape index (κ1) is 23.1. The number of anilines is 1. The van der Waals surface area contributed by atoms with Gasteiger partial charge in [-0.15, -0.1) is 0 Å². The Morgan fingerprint density at radius 2 is 2.06 bits per heavy atom. The quantitative estimate of drug-likeness (QED) is 0.740. The zero-order valence-corrected chi connectivity index (χ0v) is 18.1. The molecular formula is C23H26F3N5O2. The predicted octanol–water partition coefficient (Wildman–Crippen LogP) is 2.90. The third-order valence-electron chi connectivity index (χ3n) is 7.05. The normalized spacial score (nSPS) is 20.3. The Morgan fingerprint density at radius 3 is 2.67 bits per heavy atom. The standard InChI is InChI=1S/C23H26F3N5O2/c24-23(25,26)20-12-19(3-2-17(20)13-27)29-10-5-22(6-11-29)16-30(14-18(22)15-32)21(33)4-9-31-8-1-7-28-31/h1-3,7-8,12,18,32H,4-6,9-11,14-16H2. The first-order valence-corrected chi connectivity index (χ1v) is 11.0. The van der Waals surface area contributed by atoms with Gasteiger partial charge in [-0.1, -0.05) is 0 Å². The number of aliphatic hydroxyl groups excluding tert-OH is 1. The van der Waals surface area contributed by atoms with Crippen LogP contribution in [-0.4, -0.2) is 58.5 Å². The maximum atomic E-state index is 13.4. The fraction of sp³-hybridized carbons (Fsp3) is 0.522. The minimum atomic E-state index is -4.59. The van der Waals surface area contributed by atoms with Crippen molar-refractivity contribution in [1.29, 1.82) is 5.26 Å². The van der Waals surface area contributed by atoms with Crippen molar-refractivity contribution in [2.24, 2.45) is 11.3 Å². The maximum Gasteiger partial charge on any atom is 0.417 e. The van der Waals surface area contributed by atoms with E-state index in [9.17, 15) is 23.1 Å². The van der Waals surface area contributed by atoms with Crippen LogP contribution in [0.3, 0.4) is 0 Å². The van der Waals surface area contributed by atoms with E-state index in [1.165, 1.54) is 6.07 Å². The Balaban J connectivity index is 1.42. The number of halogens is 3. The molecule has 2 aliphatic rings. The minimum absolute atomic E-state index is 0.0187. The smallest absolute Gasteiger partial charge is 0.396 e. The van der Waals surface area contributed by atoms with Gasteiger partial charge < -0.3 is 14.9 Å². The number of aryl methyl sites for hydroxylation is 1. The number of hydrogen-bond donors (Lipinski definition) is 1. The first-order chi connectivity index (χ1) is 15.8. The second kappa shape index (κ2) is 9.06. The Kier molecular flexibility index (Phi) is 6.34. The van der Waals surface area contributed by atoms with Crippen molar-refractivity contribution in [3.8, 4) is 6.07 Å². The highest BCUT2D eigenvalue weighted by atomic mass is 19.4. The molecule has 33 heavy (non-hydrogen) atoms. The van der Waals surface area contributed by atoms with Crippen molar-refractivity contribution >= 4 is 11.6 Å². The Hall–Kier alpha value is -3.06. The molecule has 0 saturated carbocycles. The van der Waals surface area contributed by atoms with Crippen LogP contribution in [0.5, 0.6) is 0 Å². The molecule has 3 heterocycles. The van der Waals surface area contributed by atoms with Crippen LogP contribution in [0.15, 0.2) is 36.7 Å². The molecule has 1 atom stereocenters. The van der Waals surface area contributed by atoms with Crippen LogP contribution in [0.2, 0.25) is 0 Å². The Bertz CT molecular complexity index is 1020. The lowest BCUT2D eigenvalue weighted by atomic mass is 9.71. The first-order valence-electron chi connectivity index (χ1n) is 11.0. The van der Waals surface area contributed by atoms with Crippen molar-refractivity contribution in [2.75, 3.05) is 37.7 Å². The molecule has 2 aliphatic heterocycles. The van der Waals surface area contributed by atoms with Crippen molar-refractivity contribution < 1.29 is 23.1 Å². The van der Waals surface area contributed by atoms with Crippen LogP contribution in [0, 0.1) is 22.7 Å². The van der Waals surface area contributed by atoms with Crippen molar-refractivity contribution in [3.63, 3.8) is 0 Å². The van der Waals surface area contributed by atoms with E-state index in [2.05, 4.69) is 5.10 Å². The average molecular weight is 461 g/mol. The highest BCUT2D eigenvalue weighted by Gasteiger charge is 2.49. The number of nitriles is 1. The summed E-state index contributed by atoms with van der Waals surface area (Å²) in [6.07, 6.45) is 0.538. The molecule has 2 aromatic rings. The SMILES string of the molecule is N#Cc1ccc(N2CCC3(CC2)CN(C(=O)CCn2cccn2)CC3CO)cc1C(F)(F)F. The van der Waals surface area contributed by atoms with E-state index < -0.39 is 11.7 Å². The molecule has 2 fully saturated rings. The number of aliphatic hydroxyl groups is 1. The number of piperidine rings is 1. The molecule has 4 rings (SSSR count). The molecule has 2 saturated heterocycles. The number of hydrogen-bond acceptors (Lipinski definition) is 5. The number of benzene rings is 1. The second-order valence-electron chi connectivity index (χ2n) is 8.86. The summed E-state index contributed by atoms with van der Waals surface area (Å²) < 4.78 is 41.8. The fourth-order valence-corrected chi connectivity index (χ4v) is 5.11. The third-order valence-corrected chi connectivity index (χ3v) is 7.05. The zero-order valence-electron chi connectivity index (χ0n) is 18.1. The van der Waals surface area contributed by atoms with Crippen LogP contribution in [0.1, 0.15) is 30.4 Å². The summed E-state index contributed by atoms with van der Waals surface area (Å²) in [6.45, 7) is 2.55. The molecule has 7 nitrogen and oxygen atoms in total. The number of amides is 1. The number of carbonyl (C=O) groups is 1. The zero-order chi connectivity index (χ0) is 23.6. The highest BCUT2D eigenvalue weighted by Crippen LogP contribution is 2.46. The van der Waals surface area contributed by atoms with Crippen LogP contribution >= 0.6 is 0 Å². The van der Waals surface area contributed by atoms with E-state index in [-0.39, 0.29) is 29.4 Å². The van der Waals surface area contributed by atoms with Gasteiger partial charge in [0.2, 0.25) is 5.91 Å². The summed E-state index contributed by atoms with van der Waals surface area (Å²) in [6, 6.07) is 7.22. The van der Waals surface area contributed by atoms with Gasteiger partial charge in [0.1, 0.15) is 0 Å². The number of alkyl halides is 3. The topological polar surface area (TPSA) is 85.4 Å². The molecular weight excluding hydrogens is 435 g/mol. The summed E-state index contributed by atoms with van der Waals surface area (Å²) in [5, 5.41) is 23.1. The largest absolute Gasteiger partial charge is 0.417 e. The highest BCUT2D eigenvalue weighted by molar-refractivity contribution is 5.76. The van der Waals surface area contributed by atoms with Crippen molar-refractivity contribution in [3.05, 3.63) is 47.8 Å². The van der Waals surface area contributed by atoms with Crippen LogP contribution in [0.25, 0.3) is 0 Å². The van der Waals surface area contributed by atoms with E-state index >= 15 is 0 Å². The molecule has 0 radical (unpaired) electrons. The molecule has 0 aliphatic carbocycles. The molecule has 1 unspecified atom stereocenters. The Labute approximate surface area is 190 Å². The molecule has 1 spiro atoms. The van der Waals surface area contributed by atoms with E-state index in [1.807, 2.05) is 9.80 Å². The summed E-state index contributed by atoms with van der Waals surface area (Å²) in [7, 11) is 0. The van der Waals surface area contributed by atoms with E-state index in [4.69, 9.17) is 5.26 Å². The van der Waals surface area contributed by atoms with Gasteiger partial charge in [0, 0.05) is 69.8 Å². The summed E-state index contributed by atoms with van der Waals surface area (Å²) in [4.78, 5) is 16.5. The van der Waals surface area contributed by atoms with Crippen molar-refractivity contribution in [2.45, 2.75) is 32.0 Å². The lowest BCUT2D eigenvalue weighted by Crippen LogP contribution is -2.45. The molecule has 1 amide bonds. The van der Waals surface area contributed by atoms with Gasteiger partial charge in [0.05, 0.1) is 17.2 Å². The van der Waals surface area contributed by atoms with E-state index in [0.717, 1.165) is 6.07 Å². The van der Waals surface area contributed by atoms with Gasteiger partial charge in [-0.05, 0) is 42.5 Å². The predicted molar refractivity (Wildman–Crippen MR) is 114 cm³/mol. The van der Waals surface area contributed by atoms with Gasteiger partial charge in [-0.25, -0.2) is 0 Å². The number of likely N-dealkylation sites (tertiary alicyclic amines) is 1. The summed E-state index contributed by atoms with van der Waals surface area (Å²) >= 11 is 0. The molecule has 1 aromatic carbocycles.